The topological polar surface area (TPSA) is 12.0 Å². The molecule has 0 aliphatic rings. The van der Waals surface area contributed by atoms with Gasteiger partial charge in [-0.3, -0.25) is 0 Å². The molecule has 0 aliphatic carbocycles. The van der Waals surface area contributed by atoms with E-state index in [1.165, 1.54) is 0 Å². The largest absolute Gasteiger partial charge is 0.319 e. The quantitative estimate of drug-likeness (QED) is 0.471. The number of nitrogens with one attached hydrogen (secondary N) is 1. The van der Waals surface area contributed by atoms with Crippen molar-refractivity contribution in [2.24, 2.45) is 5.92 Å². The Balaban J connectivity index is 3.25. The van der Waals surface area contributed by atoms with Gasteiger partial charge in [-0.15, -0.1) is 11.6 Å². The predicted octanol–water partition coefficient (Wildman–Crippen LogP) is 1.64. The lowest BCUT2D eigenvalue weighted by molar-refractivity contribution is 0.649. The Morgan fingerprint density at radius 1 is 1.67 bits per heavy atom. The van der Waals surface area contributed by atoms with Crippen molar-refractivity contribution in [1.29, 1.82) is 0 Å². The highest BCUT2D eigenvalue weighted by molar-refractivity contribution is 6.18. The maximum Gasteiger partial charge on any atom is 0.0404 e. The Morgan fingerprint density at radius 2 is 2.33 bits per heavy atom. The molecule has 0 spiro atoms. The fraction of sp³-hybridized carbons (Fsp3) is 0.714. The normalized spacial score (nSPS) is 14.6. The predicted molar refractivity (Wildman–Crippen MR) is 43.0 cm³/mol. The van der Waals surface area contributed by atoms with Crippen LogP contribution in [-0.4, -0.2) is 19.5 Å². The third-order valence-electron chi connectivity index (χ3n) is 1.08. The van der Waals surface area contributed by atoms with Crippen molar-refractivity contribution in [3.8, 4) is 0 Å². The average molecular weight is 148 g/mol. The Bertz CT molecular complexity index is 81.0. The van der Waals surface area contributed by atoms with E-state index in [1.807, 2.05) is 13.1 Å². The Hall–Kier alpha value is -0.0100. The molecule has 0 radical (unpaired) electrons. The summed E-state index contributed by atoms with van der Waals surface area (Å²) < 4.78 is 0. The first-order valence-corrected chi connectivity index (χ1v) is 3.72. The second kappa shape index (κ2) is 6.12. The van der Waals surface area contributed by atoms with Crippen LogP contribution in [0.3, 0.4) is 0 Å². The summed E-state index contributed by atoms with van der Waals surface area (Å²) in [6, 6.07) is 0. The van der Waals surface area contributed by atoms with Gasteiger partial charge < -0.3 is 5.32 Å². The Kier molecular flexibility index (Phi) is 6.11. The minimum atomic E-state index is 0.591. The number of allylic oxidation sites excluding steroid dienone is 1. The lowest BCUT2D eigenvalue weighted by Crippen LogP contribution is -2.14. The number of hydrogen-bond acceptors (Lipinski definition) is 1. The molecule has 0 rings (SSSR count). The van der Waals surface area contributed by atoms with Crippen LogP contribution in [0.15, 0.2) is 12.2 Å². The zero-order chi connectivity index (χ0) is 7.11. The summed E-state index contributed by atoms with van der Waals surface area (Å²) >= 11 is 5.44. The number of halogens is 1. The van der Waals surface area contributed by atoms with Gasteiger partial charge in [-0.05, 0) is 13.0 Å². The highest BCUT2D eigenvalue weighted by Gasteiger charge is 1.90. The van der Waals surface area contributed by atoms with E-state index in [9.17, 15) is 0 Å². The molecule has 54 valence electrons. The number of hydrogen-bond donors (Lipinski definition) is 1. The summed E-state index contributed by atoms with van der Waals surface area (Å²) in [5.41, 5.74) is 0. The van der Waals surface area contributed by atoms with E-state index in [-0.39, 0.29) is 0 Å². The third kappa shape index (κ3) is 5.87. The number of rotatable bonds is 4. The minimum Gasteiger partial charge on any atom is -0.319 e. The lowest BCUT2D eigenvalue weighted by Gasteiger charge is -2.02. The second-order valence-corrected chi connectivity index (χ2v) is 2.43. The van der Waals surface area contributed by atoms with Crippen molar-refractivity contribution in [2.75, 3.05) is 19.5 Å². The minimum absolute atomic E-state index is 0.591. The molecule has 1 unspecified atom stereocenters. The highest BCUT2D eigenvalue weighted by Crippen LogP contribution is 1.94. The van der Waals surface area contributed by atoms with Crippen molar-refractivity contribution >= 4 is 11.6 Å². The molecular formula is C7H14ClN. The van der Waals surface area contributed by atoms with Crippen molar-refractivity contribution < 1.29 is 0 Å². The summed E-state index contributed by atoms with van der Waals surface area (Å²) in [7, 11) is 1.95. The van der Waals surface area contributed by atoms with Crippen LogP contribution in [0.5, 0.6) is 0 Å². The van der Waals surface area contributed by atoms with E-state index >= 15 is 0 Å². The fourth-order valence-electron chi connectivity index (χ4n) is 0.674. The summed E-state index contributed by atoms with van der Waals surface area (Å²) in [5, 5.41) is 3.08. The van der Waals surface area contributed by atoms with E-state index in [1.54, 1.807) is 0 Å². The van der Waals surface area contributed by atoms with Gasteiger partial charge >= 0.3 is 0 Å². The van der Waals surface area contributed by atoms with Gasteiger partial charge in [0.2, 0.25) is 0 Å². The van der Waals surface area contributed by atoms with Gasteiger partial charge in [0.25, 0.3) is 0 Å². The molecule has 1 atom stereocenters. The zero-order valence-electron chi connectivity index (χ0n) is 6.02. The first-order chi connectivity index (χ1) is 4.31. The van der Waals surface area contributed by atoms with Gasteiger partial charge in [-0.25, -0.2) is 0 Å². The smallest absolute Gasteiger partial charge is 0.0404 e. The Morgan fingerprint density at radius 3 is 2.78 bits per heavy atom. The molecule has 0 heterocycles. The van der Waals surface area contributed by atoms with Crippen molar-refractivity contribution in [2.45, 2.75) is 6.92 Å². The molecule has 9 heavy (non-hydrogen) atoms. The van der Waals surface area contributed by atoms with Crippen LogP contribution in [0.4, 0.5) is 0 Å². The zero-order valence-corrected chi connectivity index (χ0v) is 6.78. The first kappa shape index (κ1) is 8.99. The lowest BCUT2D eigenvalue weighted by atomic mass is 10.2. The van der Waals surface area contributed by atoms with Gasteiger partial charge in [-0.2, -0.15) is 0 Å². The molecule has 1 nitrogen and oxygen atoms in total. The van der Waals surface area contributed by atoms with E-state index in [2.05, 4.69) is 18.3 Å². The van der Waals surface area contributed by atoms with Crippen LogP contribution in [0, 0.1) is 5.92 Å². The molecule has 0 aromatic rings. The van der Waals surface area contributed by atoms with Gasteiger partial charge in [0.15, 0.2) is 0 Å². The molecule has 0 aromatic carbocycles. The van der Waals surface area contributed by atoms with Crippen LogP contribution >= 0.6 is 11.6 Å². The fourth-order valence-corrected chi connectivity index (χ4v) is 0.777. The SMILES string of the molecule is CNCC(C)/C=C\CCl. The molecule has 0 aromatic heterocycles. The molecule has 1 N–H and O–H groups in total. The summed E-state index contributed by atoms with van der Waals surface area (Å²) in [5.74, 6) is 1.21. The maximum absolute atomic E-state index is 5.44. The molecule has 0 amide bonds. The van der Waals surface area contributed by atoms with Gasteiger partial charge in [-0.1, -0.05) is 19.1 Å². The van der Waals surface area contributed by atoms with Crippen molar-refractivity contribution in [1.82, 2.24) is 5.32 Å². The van der Waals surface area contributed by atoms with E-state index < -0.39 is 0 Å². The van der Waals surface area contributed by atoms with Crippen molar-refractivity contribution in [3.63, 3.8) is 0 Å². The average Bonchev–Trinajstić information content (AvgIpc) is 1.85. The third-order valence-corrected chi connectivity index (χ3v) is 1.26. The molecular weight excluding hydrogens is 134 g/mol. The highest BCUT2D eigenvalue weighted by atomic mass is 35.5. The van der Waals surface area contributed by atoms with Crippen LogP contribution in [0.25, 0.3) is 0 Å². The first-order valence-electron chi connectivity index (χ1n) is 3.18. The summed E-state index contributed by atoms with van der Waals surface area (Å²) in [4.78, 5) is 0. The molecule has 2 heteroatoms. The number of alkyl halides is 1. The van der Waals surface area contributed by atoms with Crippen LogP contribution in [0.1, 0.15) is 6.92 Å². The van der Waals surface area contributed by atoms with Gasteiger partial charge in [0.05, 0.1) is 0 Å². The van der Waals surface area contributed by atoms with E-state index in [0.717, 1.165) is 6.54 Å². The molecule has 0 saturated carbocycles. The van der Waals surface area contributed by atoms with Crippen LogP contribution in [0.2, 0.25) is 0 Å². The van der Waals surface area contributed by atoms with Gasteiger partial charge in [0.1, 0.15) is 0 Å². The molecule has 0 fully saturated rings. The van der Waals surface area contributed by atoms with E-state index in [4.69, 9.17) is 11.6 Å². The monoisotopic (exact) mass is 147 g/mol. The molecule has 0 saturated heterocycles. The Labute approximate surface area is 62.1 Å². The second-order valence-electron chi connectivity index (χ2n) is 2.12. The summed E-state index contributed by atoms with van der Waals surface area (Å²) in [6.45, 7) is 3.17. The maximum atomic E-state index is 5.44. The molecule has 0 bridgehead atoms. The van der Waals surface area contributed by atoms with Crippen LogP contribution < -0.4 is 5.32 Å². The summed E-state index contributed by atoms with van der Waals surface area (Å²) in [6.07, 6.45) is 4.09. The van der Waals surface area contributed by atoms with Gasteiger partial charge in [0, 0.05) is 12.4 Å². The molecule has 0 aliphatic heterocycles. The van der Waals surface area contributed by atoms with E-state index in [0.29, 0.717) is 11.8 Å². The standard InChI is InChI=1S/C7H14ClN/c1-7(6-9-2)4-3-5-8/h3-4,7,9H,5-6H2,1-2H3/b4-3-. The van der Waals surface area contributed by atoms with Crippen molar-refractivity contribution in [3.05, 3.63) is 12.2 Å². The van der Waals surface area contributed by atoms with Crippen LogP contribution in [-0.2, 0) is 0 Å².